The van der Waals surface area contributed by atoms with Crippen molar-refractivity contribution in [3.8, 4) is 5.75 Å². The van der Waals surface area contributed by atoms with E-state index in [1.165, 1.54) is 7.11 Å². The van der Waals surface area contributed by atoms with Gasteiger partial charge in [0.2, 0.25) is 5.43 Å². The van der Waals surface area contributed by atoms with Gasteiger partial charge < -0.3 is 9.72 Å². The van der Waals surface area contributed by atoms with Gasteiger partial charge >= 0.3 is 0 Å². The van der Waals surface area contributed by atoms with Crippen molar-refractivity contribution in [1.29, 1.82) is 0 Å². The van der Waals surface area contributed by atoms with Crippen LogP contribution >= 0.6 is 0 Å². The first kappa shape index (κ1) is 10.4. The first-order chi connectivity index (χ1) is 6.61. The number of halogens is 2. The first-order valence-corrected chi connectivity index (χ1v) is 3.64. The second-order valence-electron chi connectivity index (χ2n) is 2.43. The number of aromatic amines is 1. The summed E-state index contributed by atoms with van der Waals surface area (Å²) in [7, 11) is 1.18. The number of ether oxygens (including phenoxy) is 1. The van der Waals surface area contributed by atoms with E-state index in [0.29, 0.717) is 0 Å². The molecule has 0 amide bonds. The van der Waals surface area contributed by atoms with Crippen molar-refractivity contribution in [2.45, 2.75) is 6.43 Å². The van der Waals surface area contributed by atoms with E-state index in [1.54, 1.807) is 0 Å². The first-order valence-electron chi connectivity index (χ1n) is 3.64. The number of alkyl halides is 2. The van der Waals surface area contributed by atoms with Crippen LogP contribution in [0.2, 0.25) is 0 Å². The minimum absolute atomic E-state index is 0.169. The van der Waals surface area contributed by atoms with Gasteiger partial charge in [-0.15, -0.1) is 0 Å². The summed E-state index contributed by atoms with van der Waals surface area (Å²) in [5.74, 6) is -0.245. The third-order valence-corrected chi connectivity index (χ3v) is 1.67. The van der Waals surface area contributed by atoms with Crippen molar-refractivity contribution in [3.63, 3.8) is 0 Å². The normalized spacial score (nSPS) is 10.3. The Kier molecular flexibility index (Phi) is 2.95. The number of aldehydes is 1. The number of hydrogen-bond acceptors (Lipinski definition) is 3. The van der Waals surface area contributed by atoms with Crippen molar-refractivity contribution in [2.24, 2.45) is 0 Å². The molecule has 6 heteroatoms. The van der Waals surface area contributed by atoms with E-state index in [-0.39, 0.29) is 12.0 Å². The van der Waals surface area contributed by atoms with E-state index >= 15 is 0 Å². The summed E-state index contributed by atoms with van der Waals surface area (Å²) in [4.78, 5) is 23.8. The molecule has 0 aromatic carbocycles. The predicted molar refractivity (Wildman–Crippen MR) is 44.0 cm³/mol. The number of pyridine rings is 1. The molecule has 0 unspecified atom stereocenters. The van der Waals surface area contributed by atoms with Crippen LogP contribution in [0.3, 0.4) is 0 Å². The van der Waals surface area contributed by atoms with Crippen LogP contribution in [0.25, 0.3) is 0 Å². The maximum absolute atomic E-state index is 12.4. The van der Waals surface area contributed by atoms with Crippen molar-refractivity contribution in [2.75, 3.05) is 7.11 Å². The quantitative estimate of drug-likeness (QED) is 0.749. The Morgan fingerprint density at radius 3 is 2.64 bits per heavy atom. The van der Waals surface area contributed by atoms with Gasteiger partial charge in [0.15, 0.2) is 12.0 Å². The second-order valence-corrected chi connectivity index (χ2v) is 2.43. The Morgan fingerprint density at radius 2 is 2.21 bits per heavy atom. The molecule has 4 nitrogen and oxygen atoms in total. The van der Waals surface area contributed by atoms with Crippen molar-refractivity contribution >= 4 is 6.29 Å². The van der Waals surface area contributed by atoms with E-state index in [9.17, 15) is 18.4 Å². The lowest BCUT2D eigenvalue weighted by Gasteiger charge is -2.04. The molecule has 0 aliphatic carbocycles. The lowest BCUT2D eigenvalue weighted by Crippen LogP contribution is -2.16. The number of nitrogens with one attached hydrogen (secondary N) is 1. The molecular weight excluding hydrogens is 196 g/mol. The molecule has 76 valence electrons. The number of carbonyl (C=O) groups is 1. The van der Waals surface area contributed by atoms with Gasteiger partial charge in [-0.1, -0.05) is 0 Å². The number of hydrogen-bond donors (Lipinski definition) is 1. The van der Waals surface area contributed by atoms with Crippen LogP contribution < -0.4 is 10.2 Å². The smallest absolute Gasteiger partial charge is 0.269 e. The van der Waals surface area contributed by atoms with E-state index in [4.69, 9.17) is 0 Å². The summed E-state index contributed by atoms with van der Waals surface area (Å²) < 4.78 is 29.3. The highest BCUT2D eigenvalue weighted by Crippen LogP contribution is 2.18. The lowest BCUT2D eigenvalue weighted by molar-refractivity contribution is 0.110. The average molecular weight is 203 g/mol. The van der Waals surface area contributed by atoms with Gasteiger partial charge in [-0.05, 0) is 0 Å². The molecule has 0 radical (unpaired) electrons. The number of H-pyrrole nitrogens is 1. The maximum Gasteiger partial charge on any atom is 0.269 e. The number of rotatable bonds is 3. The number of carbonyl (C=O) groups excluding carboxylic acids is 1. The molecule has 0 saturated carbocycles. The van der Waals surface area contributed by atoms with E-state index in [0.717, 1.165) is 6.20 Å². The van der Waals surface area contributed by atoms with Gasteiger partial charge in [-0.3, -0.25) is 9.59 Å². The fourth-order valence-corrected chi connectivity index (χ4v) is 1.01. The highest BCUT2D eigenvalue weighted by molar-refractivity contribution is 5.74. The van der Waals surface area contributed by atoms with Crippen LogP contribution in [-0.4, -0.2) is 18.4 Å². The standard InChI is InChI=1S/C8H7F2NO3/c1-14-5-2-11-4(3-12)6(7(5)13)8(9)10/h2-3,8H,1H3,(H,11,13). The zero-order valence-corrected chi connectivity index (χ0v) is 7.21. The number of aromatic nitrogens is 1. The van der Waals surface area contributed by atoms with Crippen LogP contribution in [0.5, 0.6) is 5.75 Å². The van der Waals surface area contributed by atoms with E-state index in [2.05, 4.69) is 9.72 Å². The van der Waals surface area contributed by atoms with E-state index < -0.39 is 23.1 Å². The SMILES string of the molecule is COc1c[nH]c(C=O)c(C(F)F)c1=O. The van der Waals surface area contributed by atoms with Crippen molar-refractivity contribution in [3.05, 3.63) is 27.7 Å². The monoisotopic (exact) mass is 203 g/mol. The zero-order valence-electron chi connectivity index (χ0n) is 7.21. The summed E-state index contributed by atoms with van der Waals surface area (Å²) >= 11 is 0. The molecule has 0 saturated heterocycles. The summed E-state index contributed by atoms with van der Waals surface area (Å²) in [6, 6.07) is 0. The van der Waals surface area contributed by atoms with Crippen LogP contribution in [-0.2, 0) is 0 Å². The Morgan fingerprint density at radius 1 is 1.57 bits per heavy atom. The molecule has 1 aromatic heterocycles. The molecule has 1 aromatic rings. The molecule has 1 rings (SSSR count). The van der Waals surface area contributed by atoms with Crippen LogP contribution in [0.4, 0.5) is 8.78 Å². The Balaban J connectivity index is 3.47. The van der Waals surface area contributed by atoms with Gasteiger partial charge in [0.1, 0.15) is 0 Å². The van der Waals surface area contributed by atoms with Gasteiger partial charge in [0.25, 0.3) is 6.43 Å². The fourth-order valence-electron chi connectivity index (χ4n) is 1.01. The second kappa shape index (κ2) is 3.99. The van der Waals surface area contributed by atoms with Crippen LogP contribution in [0.15, 0.2) is 11.0 Å². The van der Waals surface area contributed by atoms with Gasteiger partial charge in [-0.2, -0.15) is 0 Å². The maximum atomic E-state index is 12.4. The minimum atomic E-state index is -3.01. The van der Waals surface area contributed by atoms with Gasteiger partial charge in [0.05, 0.1) is 18.4 Å². The molecule has 1 N–H and O–H groups in total. The predicted octanol–water partition coefficient (Wildman–Crippen LogP) is 1.13. The Bertz CT molecular complexity index is 400. The fraction of sp³-hybridized carbons (Fsp3) is 0.250. The third kappa shape index (κ3) is 1.63. The van der Waals surface area contributed by atoms with Crippen molar-refractivity contribution < 1.29 is 18.3 Å². The van der Waals surface area contributed by atoms with Gasteiger partial charge in [-0.25, -0.2) is 8.78 Å². The summed E-state index contributed by atoms with van der Waals surface area (Å²) in [6.45, 7) is 0. The molecule has 0 aliphatic heterocycles. The summed E-state index contributed by atoms with van der Waals surface area (Å²) in [5.41, 5.74) is -2.26. The Labute approximate surface area is 77.5 Å². The minimum Gasteiger partial charge on any atom is -0.491 e. The third-order valence-electron chi connectivity index (χ3n) is 1.67. The highest BCUT2D eigenvalue weighted by atomic mass is 19.3. The molecule has 0 bridgehead atoms. The zero-order chi connectivity index (χ0) is 10.7. The molecule has 0 fully saturated rings. The van der Waals surface area contributed by atoms with Crippen LogP contribution in [0.1, 0.15) is 22.5 Å². The Hall–Kier alpha value is -1.72. The van der Waals surface area contributed by atoms with E-state index in [1.807, 2.05) is 0 Å². The molecule has 14 heavy (non-hydrogen) atoms. The summed E-state index contributed by atoms with van der Waals surface area (Å²) in [5, 5.41) is 0. The van der Waals surface area contributed by atoms with Crippen LogP contribution in [0, 0.1) is 0 Å². The van der Waals surface area contributed by atoms with Crippen molar-refractivity contribution in [1.82, 2.24) is 4.98 Å². The topological polar surface area (TPSA) is 59.2 Å². The molecule has 0 aliphatic rings. The largest absolute Gasteiger partial charge is 0.491 e. The molecule has 0 spiro atoms. The van der Waals surface area contributed by atoms with Gasteiger partial charge in [0, 0.05) is 6.20 Å². The highest BCUT2D eigenvalue weighted by Gasteiger charge is 2.20. The molecule has 0 atom stereocenters. The average Bonchev–Trinajstić information content (AvgIpc) is 2.16. The summed E-state index contributed by atoms with van der Waals surface area (Å²) in [6.07, 6.45) is -1.77. The lowest BCUT2D eigenvalue weighted by atomic mass is 10.2. The molecular formula is C8H7F2NO3. The number of methoxy groups -OCH3 is 1. The molecule has 1 heterocycles.